The molecule has 0 aliphatic carbocycles. The van der Waals surface area contributed by atoms with Crippen LogP contribution < -0.4 is 4.74 Å². The molecular weight excluding hydrogens is 312 g/mol. The van der Waals surface area contributed by atoms with E-state index in [1.165, 1.54) is 17.2 Å². The first-order valence-electron chi connectivity index (χ1n) is 8.70. The van der Waals surface area contributed by atoms with Crippen molar-refractivity contribution in [3.63, 3.8) is 0 Å². The lowest BCUT2D eigenvalue weighted by molar-refractivity contribution is -0.129. The van der Waals surface area contributed by atoms with Crippen LogP contribution in [0.1, 0.15) is 47.6 Å². The molecule has 0 saturated carbocycles. The first-order chi connectivity index (χ1) is 12.0. The van der Waals surface area contributed by atoms with Crippen LogP contribution in [-0.4, -0.2) is 11.1 Å². The summed E-state index contributed by atoms with van der Waals surface area (Å²) in [4.78, 5) is 11.7. The molecule has 0 aromatic heterocycles. The molecule has 0 bridgehead atoms. The highest BCUT2D eigenvalue weighted by Gasteiger charge is 2.16. The minimum Gasteiger partial charge on any atom is -0.508 e. The van der Waals surface area contributed by atoms with E-state index in [1.807, 2.05) is 31.2 Å². The molecule has 25 heavy (non-hydrogen) atoms. The maximum atomic E-state index is 11.7. The molecule has 0 aliphatic heterocycles. The van der Waals surface area contributed by atoms with Crippen molar-refractivity contribution < 1.29 is 14.6 Å². The number of phenolic OH excluding ortho intramolecular Hbond substituents is 1. The van der Waals surface area contributed by atoms with Crippen molar-refractivity contribution in [2.45, 2.75) is 46.5 Å². The van der Waals surface area contributed by atoms with Crippen molar-refractivity contribution in [1.29, 1.82) is 0 Å². The van der Waals surface area contributed by atoms with Crippen molar-refractivity contribution >= 4 is 5.97 Å². The summed E-state index contributed by atoms with van der Waals surface area (Å²) in [7, 11) is 0. The number of unbranched alkanes of at least 4 members (excludes halogenated alkanes) is 1. The number of hydrogen-bond acceptors (Lipinski definition) is 3. The van der Waals surface area contributed by atoms with Gasteiger partial charge in [0.1, 0.15) is 11.5 Å². The zero-order chi connectivity index (χ0) is 18.4. The van der Waals surface area contributed by atoms with Crippen molar-refractivity contribution in [3.8, 4) is 11.5 Å². The number of rotatable bonds is 7. The minimum absolute atomic E-state index is 0.259. The maximum absolute atomic E-state index is 11.7. The maximum Gasteiger partial charge on any atom is 0.335 e. The van der Waals surface area contributed by atoms with Gasteiger partial charge in [-0.1, -0.05) is 43.7 Å². The summed E-state index contributed by atoms with van der Waals surface area (Å²) in [5.41, 5.74) is 5.25. The monoisotopic (exact) mass is 338 g/mol. The van der Waals surface area contributed by atoms with Crippen LogP contribution in [-0.2, 0) is 17.6 Å². The molecule has 132 valence electrons. The standard InChI is InChI=1S/C22H26O3/c1-5-7-8-18-16(4)10-12-21(25-22(24)6-2)19(18)14-17-13-15(3)9-11-20(17)23/h6,9-13,23H,2,5,7-8,14H2,1,3-4H3. The Balaban J connectivity index is 2.52. The Morgan fingerprint density at radius 3 is 2.64 bits per heavy atom. The van der Waals surface area contributed by atoms with E-state index < -0.39 is 5.97 Å². The Bertz CT molecular complexity index is 775. The van der Waals surface area contributed by atoms with Gasteiger partial charge in [0.05, 0.1) is 0 Å². The van der Waals surface area contributed by atoms with E-state index in [0.717, 1.165) is 36.0 Å². The largest absolute Gasteiger partial charge is 0.508 e. The molecular formula is C22H26O3. The van der Waals surface area contributed by atoms with Gasteiger partial charge in [0.2, 0.25) is 0 Å². The van der Waals surface area contributed by atoms with Crippen molar-refractivity contribution in [1.82, 2.24) is 0 Å². The minimum atomic E-state index is -0.472. The summed E-state index contributed by atoms with van der Waals surface area (Å²) in [5, 5.41) is 10.2. The van der Waals surface area contributed by atoms with Crippen molar-refractivity contribution in [3.05, 3.63) is 70.8 Å². The fourth-order valence-corrected chi connectivity index (χ4v) is 2.98. The molecule has 2 aromatic carbocycles. The van der Waals surface area contributed by atoms with Gasteiger partial charge in [0, 0.05) is 18.1 Å². The summed E-state index contributed by atoms with van der Waals surface area (Å²) in [6.45, 7) is 9.70. The molecule has 0 amide bonds. The number of carbonyl (C=O) groups excluding carboxylic acids is 1. The van der Waals surface area contributed by atoms with Gasteiger partial charge in [-0.15, -0.1) is 0 Å². The fourth-order valence-electron chi connectivity index (χ4n) is 2.98. The summed E-state index contributed by atoms with van der Waals surface area (Å²) >= 11 is 0. The van der Waals surface area contributed by atoms with Crippen LogP contribution in [0.5, 0.6) is 11.5 Å². The van der Waals surface area contributed by atoms with E-state index in [4.69, 9.17) is 4.74 Å². The third-order valence-corrected chi connectivity index (χ3v) is 4.38. The normalized spacial score (nSPS) is 10.5. The molecule has 0 spiro atoms. The lowest BCUT2D eigenvalue weighted by atomic mass is 9.91. The zero-order valence-electron chi connectivity index (χ0n) is 15.3. The average Bonchev–Trinajstić information content (AvgIpc) is 2.59. The number of aromatic hydroxyl groups is 1. The number of ether oxygens (including phenoxy) is 1. The lowest BCUT2D eigenvalue weighted by Crippen LogP contribution is -2.09. The summed E-state index contributed by atoms with van der Waals surface area (Å²) in [5.74, 6) is 0.331. The van der Waals surface area contributed by atoms with Crippen molar-refractivity contribution in [2.75, 3.05) is 0 Å². The number of hydrogen-bond donors (Lipinski definition) is 1. The molecule has 0 atom stereocenters. The van der Waals surface area contributed by atoms with Gasteiger partial charge in [-0.05, 0) is 55.5 Å². The molecule has 0 radical (unpaired) electrons. The predicted octanol–water partition coefficient (Wildman–Crippen LogP) is 5.03. The highest BCUT2D eigenvalue weighted by molar-refractivity contribution is 5.83. The summed E-state index contributed by atoms with van der Waals surface area (Å²) < 4.78 is 5.47. The first kappa shape index (κ1) is 18.8. The van der Waals surface area contributed by atoms with E-state index >= 15 is 0 Å². The van der Waals surface area contributed by atoms with Gasteiger partial charge in [0.15, 0.2) is 0 Å². The van der Waals surface area contributed by atoms with Gasteiger partial charge < -0.3 is 9.84 Å². The topological polar surface area (TPSA) is 46.5 Å². The second kappa shape index (κ2) is 8.52. The van der Waals surface area contributed by atoms with E-state index in [-0.39, 0.29) is 5.75 Å². The Hall–Kier alpha value is -2.55. The van der Waals surface area contributed by atoms with Crippen LogP contribution in [0.3, 0.4) is 0 Å². The number of carbonyl (C=O) groups is 1. The van der Waals surface area contributed by atoms with Gasteiger partial charge in [0.25, 0.3) is 0 Å². The zero-order valence-corrected chi connectivity index (χ0v) is 15.3. The third kappa shape index (κ3) is 4.72. The number of benzene rings is 2. The lowest BCUT2D eigenvalue weighted by Gasteiger charge is -2.18. The van der Waals surface area contributed by atoms with Gasteiger partial charge in [-0.2, -0.15) is 0 Å². The third-order valence-electron chi connectivity index (χ3n) is 4.38. The van der Waals surface area contributed by atoms with Crippen LogP contribution in [0, 0.1) is 13.8 Å². The molecule has 0 unspecified atom stereocenters. The van der Waals surface area contributed by atoms with E-state index in [9.17, 15) is 9.90 Å². The Morgan fingerprint density at radius 1 is 1.20 bits per heavy atom. The second-order valence-electron chi connectivity index (χ2n) is 6.38. The highest BCUT2D eigenvalue weighted by Crippen LogP contribution is 2.32. The smallest absolute Gasteiger partial charge is 0.335 e. The van der Waals surface area contributed by atoms with Crippen LogP contribution in [0.2, 0.25) is 0 Å². The molecule has 0 heterocycles. The number of esters is 1. The van der Waals surface area contributed by atoms with Gasteiger partial charge in [-0.25, -0.2) is 4.79 Å². The van der Waals surface area contributed by atoms with Gasteiger partial charge in [-0.3, -0.25) is 0 Å². The van der Waals surface area contributed by atoms with E-state index in [2.05, 4.69) is 20.4 Å². The SMILES string of the molecule is C=CC(=O)Oc1ccc(C)c(CCCC)c1Cc1cc(C)ccc1O. The Labute approximate surface area is 150 Å². The first-order valence-corrected chi connectivity index (χ1v) is 8.70. The van der Waals surface area contributed by atoms with Crippen LogP contribution in [0.15, 0.2) is 43.0 Å². The average molecular weight is 338 g/mol. The Morgan fingerprint density at radius 2 is 1.96 bits per heavy atom. The molecule has 0 fully saturated rings. The number of phenols is 1. The second-order valence-corrected chi connectivity index (χ2v) is 6.38. The van der Waals surface area contributed by atoms with Crippen LogP contribution in [0.25, 0.3) is 0 Å². The van der Waals surface area contributed by atoms with Crippen LogP contribution >= 0.6 is 0 Å². The molecule has 0 saturated heterocycles. The van der Waals surface area contributed by atoms with Crippen molar-refractivity contribution in [2.24, 2.45) is 0 Å². The quantitative estimate of drug-likeness (QED) is 0.437. The van der Waals surface area contributed by atoms with E-state index in [1.54, 1.807) is 6.07 Å². The van der Waals surface area contributed by atoms with Crippen LogP contribution in [0.4, 0.5) is 0 Å². The molecule has 0 aliphatic rings. The predicted molar refractivity (Wildman–Crippen MR) is 101 cm³/mol. The molecule has 2 rings (SSSR count). The van der Waals surface area contributed by atoms with E-state index in [0.29, 0.717) is 12.2 Å². The fraction of sp³-hybridized carbons (Fsp3) is 0.318. The molecule has 1 N–H and O–H groups in total. The van der Waals surface area contributed by atoms with Gasteiger partial charge >= 0.3 is 5.97 Å². The summed E-state index contributed by atoms with van der Waals surface area (Å²) in [6.07, 6.45) is 4.76. The molecule has 3 heteroatoms. The number of aryl methyl sites for hydroxylation is 2. The molecule has 3 nitrogen and oxygen atoms in total. The molecule has 2 aromatic rings. The Kier molecular flexibility index (Phi) is 6.40. The summed E-state index contributed by atoms with van der Waals surface area (Å²) in [6, 6.07) is 9.37. The highest BCUT2D eigenvalue weighted by atomic mass is 16.5.